The number of nitrogens with zero attached hydrogens (tertiary/aromatic N) is 1. The van der Waals surface area contributed by atoms with Gasteiger partial charge < -0.3 is 24.4 Å². The highest BCUT2D eigenvalue weighted by atomic mass is 16.5. The molecule has 26 heavy (non-hydrogen) atoms. The minimum atomic E-state index is -0.855. The molecule has 1 fully saturated rings. The fourth-order valence-corrected chi connectivity index (χ4v) is 3.37. The normalized spacial score (nSPS) is 19.2. The molecule has 0 bridgehead atoms. The quantitative estimate of drug-likeness (QED) is 0.805. The van der Waals surface area contributed by atoms with E-state index in [1.807, 2.05) is 13.8 Å². The Morgan fingerprint density at radius 2 is 1.77 bits per heavy atom. The van der Waals surface area contributed by atoms with E-state index >= 15 is 0 Å². The number of carbonyl (C=O) groups excluding carboxylic acids is 2. The number of hydrogen-bond donors (Lipinski definition) is 1. The SMILES string of the molecule is CCCC(=O)N1CCCC1(C)C(=O)Nc1cc(OC)c(OC)c(OC)c1. The van der Waals surface area contributed by atoms with Gasteiger partial charge in [-0.25, -0.2) is 0 Å². The molecule has 1 aromatic rings. The zero-order valence-electron chi connectivity index (χ0n) is 16.2. The lowest BCUT2D eigenvalue weighted by atomic mass is 9.97. The first-order valence-electron chi connectivity index (χ1n) is 8.83. The molecule has 0 aromatic heterocycles. The van der Waals surface area contributed by atoms with E-state index in [0.29, 0.717) is 42.3 Å². The van der Waals surface area contributed by atoms with Crippen molar-refractivity contribution in [3.05, 3.63) is 12.1 Å². The molecule has 144 valence electrons. The molecular weight excluding hydrogens is 336 g/mol. The Balaban J connectivity index is 2.27. The van der Waals surface area contributed by atoms with Gasteiger partial charge in [-0.3, -0.25) is 9.59 Å². The fraction of sp³-hybridized carbons (Fsp3) is 0.579. The monoisotopic (exact) mass is 364 g/mol. The third kappa shape index (κ3) is 3.71. The molecule has 1 atom stereocenters. The van der Waals surface area contributed by atoms with Gasteiger partial charge in [-0.2, -0.15) is 0 Å². The van der Waals surface area contributed by atoms with E-state index in [-0.39, 0.29) is 11.8 Å². The highest BCUT2D eigenvalue weighted by Gasteiger charge is 2.45. The molecule has 1 aliphatic heterocycles. The van der Waals surface area contributed by atoms with E-state index in [0.717, 1.165) is 12.8 Å². The molecule has 7 nitrogen and oxygen atoms in total. The Morgan fingerprint density at radius 3 is 2.27 bits per heavy atom. The first-order chi connectivity index (χ1) is 12.4. The summed E-state index contributed by atoms with van der Waals surface area (Å²) in [5.41, 5.74) is -0.326. The number of likely N-dealkylation sites (tertiary alicyclic amines) is 1. The van der Waals surface area contributed by atoms with Crippen molar-refractivity contribution in [3.8, 4) is 17.2 Å². The van der Waals surface area contributed by atoms with Gasteiger partial charge in [0.05, 0.1) is 21.3 Å². The molecule has 1 heterocycles. The summed E-state index contributed by atoms with van der Waals surface area (Å²) in [6.07, 6.45) is 2.67. The molecule has 1 aliphatic rings. The second-order valence-electron chi connectivity index (χ2n) is 6.54. The Kier molecular flexibility index (Phi) is 6.34. The predicted molar refractivity (Wildman–Crippen MR) is 99.0 cm³/mol. The number of hydrogen-bond acceptors (Lipinski definition) is 5. The third-order valence-electron chi connectivity index (χ3n) is 4.82. The number of ether oxygens (including phenoxy) is 3. The van der Waals surface area contributed by atoms with Crippen molar-refractivity contribution < 1.29 is 23.8 Å². The predicted octanol–water partition coefficient (Wildman–Crippen LogP) is 2.83. The second kappa shape index (κ2) is 8.29. The van der Waals surface area contributed by atoms with Gasteiger partial charge in [-0.15, -0.1) is 0 Å². The van der Waals surface area contributed by atoms with Gasteiger partial charge in [-0.05, 0) is 26.2 Å². The smallest absolute Gasteiger partial charge is 0.250 e. The van der Waals surface area contributed by atoms with Crippen LogP contribution in [0.1, 0.15) is 39.5 Å². The van der Waals surface area contributed by atoms with Crippen molar-refractivity contribution in [2.45, 2.75) is 45.1 Å². The van der Waals surface area contributed by atoms with Crippen LogP contribution < -0.4 is 19.5 Å². The van der Waals surface area contributed by atoms with Crippen LogP contribution in [0.5, 0.6) is 17.2 Å². The first-order valence-corrected chi connectivity index (χ1v) is 8.83. The zero-order valence-corrected chi connectivity index (χ0v) is 16.2. The lowest BCUT2D eigenvalue weighted by Crippen LogP contribution is -2.53. The van der Waals surface area contributed by atoms with E-state index < -0.39 is 5.54 Å². The lowest BCUT2D eigenvalue weighted by Gasteiger charge is -2.34. The van der Waals surface area contributed by atoms with E-state index in [4.69, 9.17) is 14.2 Å². The van der Waals surface area contributed by atoms with Crippen LogP contribution >= 0.6 is 0 Å². The van der Waals surface area contributed by atoms with Crippen LogP contribution in [-0.2, 0) is 9.59 Å². The number of anilines is 1. The molecule has 1 saturated heterocycles. The van der Waals surface area contributed by atoms with E-state index in [9.17, 15) is 9.59 Å². The van der Waals surface area contributed by atoms with Gasteiger partial charge in [0.2, 0.25) is 17.6 Å². The Bertz CT molecular complexity index is 651. The molecule has 0 aliphatic carbocycles. The number of benzene rings is 1. The topological polar surface area (TPSA) is 77.1 Å². The summed E-state index contributed by atoms with van der Waals surface area (Å²) in [6.45, 7) is 4.39. The summed E-state index contributed by atoms with van der Waals surface area (Å²) in [5, 5.41) is 2.90. The largest absolute Gasteiger partial charge is 0.493 e. The third-order valence-corrected chi connectivity index (χ3v) is 4.82. The summed E-state index contributed by atoms with van der Waals surface area (Å²) < 4.78 is 15.9. The molecule has 2 rings (SSSR count). The molecule has 0 saturated carbocycles. The van der Waals surface area contributed by atoms with Crippen molar-refractivity contribution in [2.24, 2.45) is 0 Å². The van der Waals surface area contributed by atoms with Gasteiger partial charge in [-0.1, -0.05) is 6.92 Å². The van der Waals surface area contributed by atoms with Crippen molar-refractivity contribution >= 4 is 17.5 Å². The van der Waals surface area contributed by atoms with Crippen LogP contribution in [-0.4, -0.2) is 50.1 Å². The molecule has 1 N–H and O–H groups in total. The summed E-state index contributed by atoms with van der Waals surface area (Å²) >= 11 is 0. The van der Waals surface area contributed by atoms with Gasteiger partial charge in [0.25, 0.3) is 0 Å². The van der Waals surface area contributed by atoms with Crippen LogP contribution in [0, 0.1) is 0 Å². The first kappa shape index (κ1) is 19.9. The van der Waals surface area contributed by atoms with Gasteiger partial charge in [0, 0.05) is 30.8 Å². The minimum absolute atomic E-state index is 0.0209. The fourth-order valence-electron chi connectivity index (χ4n) is 3.37. The molecule has 7 heteroatoms. The van der Waals surface area contributed by atoms with Gasteiger partial charge in [0.1, 0.15) is 5.54 Å². The van der Waals surface area contributed by atoms with Gasteiger partial charge in [0.15, 0.2) is 11.5 Å². The summed E-state index contributed by atoms with van der Waals surface area (Å²) in [7, 11) is 4.56. The minimum Gasteiger partial charge on any atom is -0.493 e. The second-order valence-corrected chi connectivity index (χ2v) is 6.54. The molecule has 0 spiro atoms. The summed E-state index contributed by atoms with van der Waals surface area (Å²) in [6, 6.07) is 3.35. The molecule has 0 radical (unpaired) electrons. The van der Waals surface area contributed by atoms with E-state index in [1.165, 1.54) is 21.3 Å². The summed E-state index contributed by atoms with van der Waals surface area (Å²) in [4.78, 5) is 27.1. The maximum atomic E-state index is 13.0. The average Bonchev–Trinajstić information content (AvgIpc) is 3.04. The Hall–Kier alpha value is -2.44. The maximum Gasteiger partial charge on any atom is 0.250 e. The molecule has 2 amide bonds. The Labute approximate surface area is 154 Å². The standard InChI is InChI=1S/C19H28N2O5/c1-6-8-16(22)21-10-7-9-19(21,2)18(23)20-13-11-14(24-3)17(26-5)15(12-13)25-4/h11-12H,6-10H2,1-5H3,(H,20,23). The van der Waals surface area contributed by atoms with Crippen LogP contribution in [0.3, 0.4) is 0 Å². The van der Waals surface area contributed by atoms with E-state index in [2.05, 4.69) is 5.32 Å². The zero-order chi connectivity index (χ0) is 19.3. The van der Waals surface area contributed by atoms with Crippen molar-refractivity contribution in [3.63, 3.8) is 0 Å². The Morgan fingerprint density at radius 1 is 1.15 bits per heavy atom. The molecule has 1 unspecified atom stereocenters. The van der Waals surface area contributed by atoms with Crippen LogP contribution in [0.25, 0.3) is 0 Å². The van der Waals surface area contributed by atoms with Crippen LogP contribution in [0.15, 0.2) is 12.1 Å². The van der Waals surface area contributed by atoms with Gasteiger partial charge >= 0.3 is 0 Å². The highest BCUT2D eigenvalue weighted by molar-refractivity contribution is 6.01. The summed E-state index contributed by atoms with van der Waals surface area (Å²) in [5.74, 6) is 1.18. The van der Waals surface area contributed by atoms with Crippen molar-refractivity contribution in [2.75, 3.05) is 33.2 Å². The number of carbonyl (C=O) groups is 2. The number of nitrogens with one attached hydrogen (secondary N) is 1. The van der Waals surface area contributed by atoms with Crippen molar-refractivity contribution in [1.82, 2.24) is 4.90 Å². The molecular formula is C19H28N2O5. The number of amides is 2. The highest BCUT2D eigenvalue weighted by Crippen LogP contribution is 2.40. The van der Waals surface area contributed by atoms with Crippen molar-refractivity contribution in [1.29, 1.82) is 0 Å². The van der Waals surface area contributed by atoms with E-state index in [1.54, 1.807) is 17.0 Å². The maximum absolute atomic E-state index is 13.0. The van der Waals surface area contributed by atoms with Crippen LogP contribution in [0.4, 0.5) is 5.69 Å². The molecule has 1 aromatic carbocycles. The number of methoxy groups -OCH3 is 3. The number of rotatable bonds is 7. The lowest BCUT2D eigenvalue weighted by molar-refractivity contribution is -0.141. The average molecular weight is 364 g/mol. The van der Waals surface area contributed by atoms with Crippen LogP contribution in [0.2, 0.25) is 0 Å².